The summed E-state index contributed by atoms with van der Waals surface area (Å²) in [6.45, 7) is 2.50. The second-order valence-electron chi connectivity index (χ2n) is 6.25. The highest BCUT2D eigenvalue weighted by Crippen LogP contribution is 2.30. The van der Waals surface area contributed by atoms with Crippen LogP contribution in [0.15, 0.2) is 42.6 Å². The third-order valence-corrected chi connectivity index (χ3v) is 5.09. The SMILES string of the molecule is Cc1ccn(-c2ccc(NC3CCN(c4ccc(Cl)c(Cl)c4)C3=O)nn2)n1. The lowest BCUT2D eigenvalue weighted by atomic mass is 10.2. The Labute approximate surface area is 165 Å². The third-order valence-electron chi connectivity index (χ3n) is 4.35. The van der Waals surface area contributed by atoms with Gasteiger partial charge in [0, 0.05) is 18.4 Å². The first-order chi connectivity index (χ1) is 13.0. The second-order valence-corrected chi connectivity index (χ2v) is 7.07. The van der Waals surface area contributed by atoms with Crippen LogP contribution in [-0.2, 0) is 4.79 Å². The number of hydrogen-bond donors (Lipinski definition) is 1. The third kappa shape index (κ3) is 3.61. The van der Waals surface area contributed by atoms with Gasteiger partial charge >= 0.3 is 0 Å². The number of hydrogen-bond acceptors (Lipinski definition) is 5. The quantitative estimate of drug-likeness (QED) is 0.722. The molecule has 1 N–H and O–H groups in total. The Morgan fingerprint density at radius 3 is 2.63 bits per heavy atom. The minimum absolute atomic E-state index is 0.0398. The summed E-state index contributed by atoms with van der Waals surface area (Å²) < 4.78 is 1.65. The number of halogens is 2. The van der Waals surface area contributed by atoms with Crippen molar-refractivity contribution in [3.05, 3.63) is 58.3 Å². The lowest BCUT2D eigenvalue weighted by molar-refractivity contribution is -0.117. The van der Waals surface area contributed by atoms with E-state index in [1.807, 2.05) is 19.2 Å². The topological polar surface area (TPSA) is 75.9 Å². The number of amides is 1. The van der Waals surface area contributed by atoms with Crippen LogP contribution in [0, 0.1) is 6.92 Å². The number of rotatable bonds is 4. The van der Waals surface area contributed by atoms with Crippen LogP contribution < -0.4 is 10.2 Å². The van der Waals surface area contributed by atoms with Crippen molar-refractivity contribution < 1.29 is 4.79 Å². The van der Waals surface area contributed by atoms with E-state index in [1.165, 1.54) is 0 Å². The molecule has 3 aromatic rings. The zero-order valence-corrected chi connectivity index (χ0v) is 15.9. The summed E-state index contributed by atoms with van der Waals surface area (Å²) in [6, 6.07) is 10.3. The van der Waals surface area contributed by atoms with Crippen molar-refractivity contribution in [1.82, 2.24) is 20.0 Å². The predicted molar refractivity (Wildman–Crippen MR) is 105 cm³/mol. The van der Waals surface area contributed by atoms with Gasteiger partial charge in [-0.2, -0.15) is 5.10 Å². The molecule has 0 saturated carbocycles. The molecule has 0 bridgehead atoms. The predicted octanol–water partition coefficient (Wildman–Crippen LogP) is 3.49. The van der Waals surface area contributed by atoms with E-state index < -0.39 is 0 Å². The summed E-state index contributed by atoms with van der Waals surface area (Å²) in [7, 11) is 0. The van der Waals surface area contributed by atoms with E-state index in [0.717, 1.165) is 11.4 Å². The highest BCUT2D eigenvalue weighted by atomic mass is 35.5. The van der Waals surface area contributed by atoms with Gasteiger partial charge < -0.3 is 10.2 Å². The number of anilines is 2. The van der Waals surface area contributed by atoms with Crippen LogP contribution >= 0.6 is 23.2 Å². The molecule has 2 aromatic heterocycles. The van der Waals surface area contributed by atoms with Crippen molar-refractivity contribution >= 4 is 40.6 Å². The van der Waals surface area contributed by atoms with Crippen molar-refractivity contribution in [2.24, 2.45) is 0 Å². The molecule has 0 aliphatic carbocycles. The molecule has 1 saturated heterocycles. The molecule has 1 aliphatic rings. The van der Waals surface area contributed by atoms with E-state index in [9.17, 15) is 4.79 Å². The number of aromatic nitrogens is 4. The zero-order valence-electron chi connectivity index (χ0n) is 14.4. The Morgan fingerprint density at radius 2 is 1.96 bits per heavy atom. The van der Waals surface area contributed by atoms with Gasteiger partial charge in [0.2, 0.25) is 5.91 Å². The first-order valence-electron chi connectivity index (χ1n) is 8.40. The Balaban J connectivity index is 1.45. The minimum Gasteiger partial charge on any atom is -0.357 e. The van der Waals surface area contributed by atoms with E-state index in [-0.39, 0.29) is 11.9 Å². The molecule has 7 nitrogen and oxygen atoms in total. The van der Waals surface area contributed by atoms with Crippen LogP contribution in [0.25, 0.3) is 5.82 Å². The maximum atomic E-state index is 12.7. The van der Waals surface area contributed by atoms with Crippen LogP contribution in [0.3, 0.4) is 0 Å². The molecular weight excluding hydrogens is 387 g/mol. The highest BCUT2D eigenvalue weighted by Gasteiger charge is 2.33. The van der Waals surface area contributed by atoms with Crippen molar-refractivity contribution in [2.75, 3.05) is 16.8 Å². The average molecular weight is 403 g/mol. The average Bonchev–Trinajstić information content (AvgIpc) is 3.25. The molecular formula is C18H16Cl2N6O. The number of carbonyl (C=O) groups is 1. The fourth-order valence-electron chi connectivity index (χ4n) is 2.97. The van der Waals surface area contributed by atoms with Crippen molar-refractivity contribution in [1.29, 1.82) is 0 Å². The van der Waals surface area contributed by atoms with Gasteiger partial charge in [0.25, 0.3) is 0 Å². The zero-order chi connectivity index (χ0) is 19.0. The van der Waals surface area contributed by atoms with Gasteiger partial charge in [0.15, 0.2) is 5.82 Å². The van der Waals surface area contributed by atoms with Crippen molar-refractivity contribution in [2.45, 2.75) is 19.4 Å². The van der Waals surface area contributed by atoms with Crippen molar-refractivity contribution in [3.63, 3.8) is 0 Å². The monoisotopic (exact) mass is 402 g/mol. The molecule has 138 valence electrons. The Hall–Kier alpha value is -2.64. The Morgan fingerprint density at radius 1 is 1.11 bits per heavy atom. The smallest absolute Gasteiger partial charge is 0.249 e. The van der Waals surface area contributed by atoms with Crippen LogP contribution in [0.1, 0.15) is 12.1 Å². The van der Waals surface area contributed by atoms with E-state index >= 15 is 0 Å². The van der Waals surface area contributed by atoms with Crippen LogP contribution in [0.2, 0.25) is 10.0 Å². The van der Waals surface area contributed by atoms with Gasteiger partial charge in [-0.25, -0.2) is 4.68 Å². The Bertz CT molecular complexity index is 988. The first-order valence-corrected chi connectivity index (χ1v) is 9.16. The second kappa shape index (κ2) is 7.17. The minimum atomic E-state index is -0.369. The number of benzene rings is 1. The maximum absolute atomic E-state index is 12.7. The molecule has 1 aliphatic heterocycles. The maximum Gasteiger partial charge on any atom is 0.249 e. The molecule has 1 aromatic carbocycles. The first kappa shape index (κ1) is 17.8. The molecule has 1 unspecified atom stereocenters. The van der Waals surface area contributed by atoms with Gasteiger partial charge in [-0.15, -0.1) is 10.2 Å². The molecule has 1 atom stereocenters. The molecule has 27 heavy (non-hydrogen) atoms. The molecule has 0 radical (unpaired) electrons. The summed E-state index contributed by atoms with van der Waals surface area (Å²) in [4.78, 5) is 14.4. The van der Waals surface area contributed by atoms with Crippen LogP contribution in [-0.4, -0.2) is 38.5 Å². The highest BCUT2D eigenvalue weighted by molar-refractivity contribution is 6.42. The number of nitrogens with zero attached hydrogens (tertiary/aromatic N) is 5. The fourth-order valence-corrected chi connectivity index (χ4v) is 3.26. The molecule has 3 heterocycles. The molecule has 0 spiro atoms. The van der Waals surface area contributed by atoms with E-state index in [4.69, 9.17) is 23.2 Å². The molecule has 1 fully saturated rings. The largest absolute Gasteiger partial charge is 0.357 e. The number of aryl methyl sites for hydroxylation is 1. The van der Waals surface area contributed by atoms with Gasteiger partial charge in [-0.05, 0) is 49.7 Å². The summed E-state index contributed by atoms with van der Waals surface area (Å²) in [5.41, 5.74) is 1.63. The lowest BCUT2D eigenvalue weighted by Crippen LogP contribution is -2.33. The van der Waals surface area contributed by atoms with E-state index in [1.54, 1.807) is 39.9 Å². The fraction of sp³-hybridized carbons (Fsp3) is 0.222. The normalized spacial score (nSPS) is 16.8. The number of nitrogens with one attached hydrogen (secondary N) is 1. The number of carbonyl (C=O) groups excluding carboxylic acids is 1. The van der Waals surface area contributed by atoms with E-state index in [2.05, 4.69) is 20.6 Å². The molecule has 4 rings (SSSR count). The summed E-state index contributed by atoms with van der Waals surface area (Å²) in [5.74, 6) is 1.11. The summed E-state index contributed by atoms with van der Waals surface area (Å²) in [6.07, 6.45) is 2.48. The van der Waals surface area contributed by atoms with Crippen LogP contribution in [0.4, 0.5) is 11.5 Å². The van der Waals surface area contributed by atoms with Gasteiger partial charge in [-0.1, -0.05) is 23.2 Å². The van der Waals surface area contributed by atoms with Gasteiger partial charge in [0.05, 0.1) is 15.7 Å². The van der Waals surface area contributed by atoms with Crippen LogP contribution in [0.5, 0.6) is 0 Å². The van der Waals surface area contributed by atoms with Crippen molar-refractivity contribution in [3.8, 4) is 5.82 Å². The summed E-state index contributed by atoms with van der Waals surface area (Å²) >= 11 is 12.0. The standard InChI is InChI=1S/C18H16Cl2N6O/c1-11-6-9-26(24-11)17-5-4-16(22-23-17)21-15-7-8-25(18(15)27)12-2-3-13(19)14(20)10-12/h2-6,9-10,15H,7-8H2,1H3,(H,21,22). The molecule has 1 amide bonds. The lowest BCUT2D eigenvalue weighted by Gasteiger charge is -2.18. The van der Waals surface area contributed by atoms with Gasteiger partial charge in [0.1, 0.15) is 11.9 Å². The molecule has 9 heteroatoms. The Kier molecular flexibility index (Phi) is 4.72. The van der Waals surface area contributed by atoms with E-state index in [0.29, 0.717) is 34.6 Å². The van der Waals surface area contributed by atoms with Gasteiger partial charge in [-0.3, -0.25) is 4.79 Å². The summed E-state index contributed by atoms with van der Waals surface area (Å²) in [5, 5.41) is 16.6.